The molecule has 0 aliphatic carbocycles. The number of aryl methyl sites for hydroxylation is 1. The van der Waals surface area contributed by atoms with Crippen LogP contribution in [-0.2, 0) is 6.42 Å². The van der Waals surface area contributed by atoms with Gasteiger partial charge in [0.25, 0.3) is 0 Å². The Morgan fingerprint density at radius 2 is 2.04 bits per heavy atom. The van der Waals surface area contributed by atoms with Gasteiger partial charge in [-0.25, -0.2) is 4.68 Å². The predicted molar refractivity (Wildman–Crippen MR) is 86.9 cm³/mol. The van der Waals surface area contributed by atoms with Crippen molar-refractivity contribution in [2.24, 2.45) is 5.11 Å². The lowest BCUT2D eigenvalue weighted by Crippen LogP contribution is -1.95. The van der Waals surface area contributed by atoms with Crippen LogP contribution < -0.4 is 0 Å². The van der Waals surface area contributed by atoms with Crippen molar-refractivity contribution in [3.63, 3.8) is 0 Å². The largest absolute Gasteiger partial charge is 0.264 e. The Hall–Kier alpha value is -3.18. The van der Waals surface area contributed by atoms with Gasteiger partial charge in [0.05, 0.1) is 11.9 Å². The molecular weight excluding hydrogens is 290 g/mol. The maximum Gasteiger partial charge on any atom is 0.115 e. The Morgan fingerprint density at radius 1 is 1.17 bits per heavy atom. The Morgan fingerprint density at radius 3 is 2.78 bits per heavy atom. The van der Waals surface area contributed by atoms with Gasteiger partial charge in [0.1, 0.15) is 5.69 Å². The van der Waals surface area contributed by atoms with Crippen molar-refractivity contribution in [1.82, 2.24) is 20.0 Å². The average Bonchev–Trinajstić information content (AvgIpc) is 3.10. The molecule has 0 aliphatic heterocycles. The summed E-state index contributed by atoms with van der Waals surface area (Å²) in [6.45, 7) is 0.524. The SMILES string of the molecule is [N-]=[N+]=NCCCc1ccc(-n2cc(-c3cccnc3)nn2)cc1. The molecule has 0 N–H and O–H groups in total. The van der Waals surface area contributed by atoms with Crippen LogP contribution >= 0.6 is 0 Å². The highest BCUT2D eigenvalue weighted by molar-refractivity contribution is 5.56. The summed E-state index contributed by atoms with van der Waals surface area (Å²) in [6, 6.07) is 11.9. The van der Waals surface area contributed by atoms with E-state index in [-0.39, 0.29) is 0 Å². The van der Waals surface area contributed by atoms with Crippen molar-refractivity contribution in [2.45, 2.75) is 12.8 Å². The van der Waals surface area contributed by atoms with Gasteiger partial charge in [-0.15, -0.1) is 5.10 Å². The molecule has 1 aromatic carbocycles. The van der Waals surface area contributed by atoms with Gasteiger partial charge in [0.15, 0.2) is 0 Å². The molecule has 2 heterocycles. The lowest BCUT2D eigenvalue weighted by atomic mass is 10.1. The third-order valence-electron chi connectivity index (χ3n) is 3.44. The highest BCUT2D eigenvalue weighted by Crippen LogP contribution is 2.16. The number of benzene rings is 1. The van der Waals surface area contributed by atoms with Crippen LogP contribution in [0.15, 0.2) is 60.1 Å². The van der Waals surface area contributed by atoms with E-state index in [9.17, 15) is 0 Å². The summed E-state index contributed by atoms with van der Waals surface area (Å²) in [4.78, 5) is 6.84. The lowest BCUT2D eigenvalue weighted by Gasteiger charge is -2.03. The smallest absolute Gasteiger partial charge is 0.115 e. The number of azide groups is 1. The van der Waals surface area contributed by atoms with E-state index in [4.69, 9.17) is 5.53 Å². The van der Waals surface area contributed by atoms with Crippen molar-refractivity contribution < 1.29 is 0 Å². The monoisotopic (exact) mass is 305 g/mol. The fraction of sp³-hybridized carbons (Fsp3) is 0.188. The molecule has 23 heavy (non-hydrogen) atoms. The van der Waals surface area contributed by atoms with Crippen LogP contribution in [0.2, 0.25) is 0 Å². The molecule has 0 amide bonds. The Labute approximate surface area is 133 Å². The van der Waals surface area contributed by atoms with Gasteiger partial charge in [0.2, 0.25) is 0 Å². The van der Waals surface area contributed by atoms with Crippen LogP contribution in [-0.4, -0.2) is 26.5 Å². The molecule has 114 valence electrons. The number of hydrogen-bond acceptors (Lipinski definition) is 4. The van der Waals surface area contributed by atoms with Crippen LogP contribution in [0.25, 0.3) is 27.4 Å². The van der Waals surface area contributed by atoms with E-state index < -0.39 is 0 Å². The van der Waals surface area contributed by atoms with Gasteiger partial charge < -0.3 is 0 Å². The number of pyridine rings is 1. The highest BCUT2D eigenvalue weighted by atomic mass is 15.4. The van der Waals surface area contributed by atoms with Gasteiger partial charge in [-0.05, 0) is 48.2 Å². The van der Waals surface area contributed by atoms with Gasteiger partial charge in [0, 0.05) is 29.4 Å². The van der Waals surface area contributed by atoms with Crippen molar-refractivity contribution in [3.05, 3.63) is 71.0 Å². The molecule has 0 saturated heterocycles. The molecule has 7 nitrogen and oxygen atoms in total. The van der Waals surface area contributed by atoms with Gasteiger partial charge in [-0.2, -0.15) is 0 Å². The summed E-state index contributed by atoms with van der Waals surface area (Å²) in [5.41, 5.74) is 12.1. The normalized spacial score (nSPS) is 10.3. The Balaban J connectivity index is 1.70. The second kappa shape index (κ2) is 7.20. The van der Waals surface area contributed by atoms with Crippen LogP contribution in [0.4, 0.5) is 0 Å². The molecule has 0 bridgehead atoms. The number of aromatic nitrogens is 4. The molecule has 2 aromatic heterocycles. The van der Waals surface area contributed by atoms with Crippen molar-refractivity contribution in [2.75, 3.05) is 6.54 Å². The minimum absolute atomic E-state index is 0.524. The van der Waals surface area contributed by atoms with E-state index in [0.29, 0.717) is 6.54 Å². The first kappa shape index (κ1) is 14.7. The molecular formula is C16H15N7. The van der Waals surface area contributed by atoms with Crippen molar-refractivity contribution in [1.29, 1.82) is 0 Å². The van der Waals surface area contributed by atoms with Crippen LogP contribution in [0.5, 0.6) is 0 Å². The summed E-state index contributed by atoms with van der Waals surface area (Å²) in [5, 5.41) is 11.9. The van der Waals surface area contributed by atoms with E-state index in [2.05, 4.69) is 37.5 Å². The van der Waals surface area contributed by atoms with Gasteiger partial charge in [-0.3, -0.25) is 4.98 Å². The lowest BCUT2D eigenvalue weighted by molar-refractivity contribution is 0.799. The van der Waals surface area contributed by atoms with Gasteiger partial charge >= 0.3 is 0 Å². The maximum absolute atomic E-state index is 8.25. The minimum Gasteiger partial charge on any atom is -0.264 e. The zero-order chi connectivity index (χ0) is 15.9. The van der Waals surface area contributed by atoms with E-state index >= 15 is 0 Å². The molecule has 0 aliphatic rings. The molecule has 0 fully saturated rings. The molecule has 3 rings (SSSR count). The van der Waals surface area contributed by atoms with Crippen molar-refractivity contribution >= 4 is 0 Å². The fourth-order valence-electron chi connectivity index (χ4n) is 2.25. The number of rotatable bonds is 6. The minimum atomic E-state index is 0.524. The first-order valence-corrected chi connectivity index (χ1v) is 7.30. The first-order chi connectivity index (χ1) is 11.4. The second-order valence-electron chi connectivity index (χ2n) is 5.01. The maximum atomic E-state index is 8.25. The predicted octanol–water partition coefficient (Wildman–Crippen LogP) is 3.57. The highest BCUT2D eigenvalue weighted by Gasteiger charge is 2.05. The number of nitrogens with zero attached hydrogens (tertiary/aromatic N) is 7. The van der Waals surface area contributed by atoms with E-state index in [1.807, 2.05) is 30.5 Å². The third kappa shape index (κ3) is 3.72. The molecule has 0 saturated carbocycles. The molecule has 0 atom stereocenters. The van der Waals surface area contributed by atoms with Crippen LogP contribution in [0.1, 0.15) is 12.0 Å². The molecule has 7 heteroatoms. The summed E-state index contributed by atoms with van der Waals surface area (Å²) in [6.07, 6.45) is 7.11. The van der Waals surface area contributed by atoms with E-state index in [1.54, 1.807) is 17.1 Å². The third-order valence-corrected chi connectivity index (χ3v) is 3.44. The quantitative estimate of drug-likeness (QED) is 0.301. The topological polar surface area (TPSA) is 92.4 Å². The zero-order valence-corrected chi connectivity index (χ0v) is 12.4. The van der Waals surface area contributed by atoms with Crippen LogP contribution in [0, 0.1) is 0 Å². The molecule has 3 aromatic rings. The Kier molecular flexibility index (Phi) is 4.61. The van der Waals surface area contributed by atoms with E-state index in [0.717, 1.165) is 29.8 Å². The van der Waals surface area contributed by atoms with Crippen molar-refractivity contribution in [3.8, 4) is 16.9 Å². The second-order valence-corrected chi connectivity index (χ2v) is 5.01. The fourth-order valence-corrected chi connectivity index (χ4v) is 2.25. The average molecular weight is 305 g/mol. The molecule has 0 radical (unpaired) electrons. The standard InChI is InChI=1S/C16H15N7/c17-21-19-10-1-3-13-5-7-15(8-6-13)23-12-16(20-22-23)14-4-2-9-18-11-14/h2,4-9,11-12H,1,3,10H2. The molecule has 0 spiro atoms. The summed E-state index contributed by atoms with van der Waals surface area (Å²) in [7, 11) is 0. The molecule has 0 unspecified atom stereocenters. The van der Waals surface area contributed by atoms with Gasteiger partial charge in [-0.1, -0.05) is 22.5 Å². The first-order valence-electron chi connectivity index (χ1n) is 7.30. The Bertz CT molecular complexity index is 802. The summed E-state index contributed by atoms with van der Waals surface area (Å²) < 4.78 is 1.74. The van der Waals surface area contributed by atoms with E-state index in [1.165, 1.54) is 5.56 Å². The van der Waals surface area contributed by atoms with Crippen LogP contribution in [0.3, 0.4) is 0 Å². The number of hydrogen-bond donors (Lipinski definition) is 0. The zero-order valence-electron chi connectivity index (χ0n) is 12.4. The summed E-state index contributed by atoms with van der Waals surface area (Å²) in [5.74, 6) is 0. The summed E-state index contributed by atoms with van der Waals surface area (Å²) >= 11 is 0.